The van der Waals surface area contributed by atoms with Crippen LogP contribution in [-0.4, -0.2) is 17.2 Å². The molecule has 4 heteroatoms. The van der Waals surface area contributed by atoms with Crippen LogP contribution in [0.2, 0.25) is 0 Å². The maximum atomic E-state index is 11.1. The number of nitrogens with zero attached hydrogens (tertiary/aromatic N) is 2. The molecule has 0 fully saturated rings. The zero-order valence-corrected chi connectivity index (χ0v) is 21.7. The summed E-state index contributed by atoms with van der Waals surface area (Å²) in [5.74, 6) is 1.05. The first-order valence-electron chi connectivity index (χ1n) is 12.3. The van der Waals surface area contributed by atoms with E-state index in [0.717, 1.165) is 35.2 Å². The summed E-state index contributed by atoms with van der Waals surface area (Å²) in [7, 11) is 0. The van der Waals surface area contributed by atoms with Crippen LogP contribution in [0.3, 0.4) is 0 Å². The van der Waals surface area contributed by atoms with Gasteiger partial charge in [0.2, 0.25) is 0 Å². The Kier molecular flexibility index (Phi) is 9.70. The molecule has 0 aliphatic rings. The lowest BCUT2D eigenvalue weighted by Gasteiger charge is -2.28. The quantitative estimate of drug-likeness (QED) is 0.176. The van der Waals surface area contributed by atoms with Crippen LogP contribution >= 0.6 is 0 Å². The topological polar surface area (TPSA) is 57.0 Å². The second kappa shape index (κ2) is 12.0. The molecule has 0 aliphatic heterocycles. The number of aromatic hydroxyl groups is 1. The van der Waals surface area contributed by atoms with Gasteiger partial charge < -0.3 is 5.11 Å². The molecular formula is C29H43N3O. The third-order valence-corrected chi connectivity index (χ3v) is 5.69. The van der Waals surface area contributed by atoms with Gasteiger partial charge in [0.05, 0.1) is 5.69 Å². The van der Waals surface area contributed by atoms with Gasteiger partial charge in [-0.05, 0) is 47.9 Å². The molecule has 2 N–H and O–H groups in total. The highest BCUT2D eigenvalue weighted by Gasteiger charge is 2.27. The molecule has 0 unspecified atom stereocenters. The summed E-state index contributed by atoms with van der Waals surface area (Å²) in [6.45, 7) is 15.0. The van der Waals surface area contributed by atoms with Gasteiger partial charge in [-0.15, -0.1) is 0 Å². The van der Waals surface area contributed by atoms with E-state index in [1.807, 2.05) is 48.7 Å². The van der Waals surface area contributed by atoms with Crippen LogP contribution in [0, 0.1) is 0 Å². The highest BCUT2D eigenvalue weighted by molar-refractivity contribution is 6.01. The second-order valence-corrected chi connectivity index (χ2v) is 10.8. The zero-order chi connectivity index (χ0) is 24.5. The average Bonchev–Trinajstić information content (AvgIpc) is 2.74. The molecule has 2 rings (SSSR count). The minimum Gasteiger partial charge on any atom is -0.507 e. The lowest BCUT2D eigenvalue weighted by atomic mass is 9.78. The second-order valence-electron chi connectivity index (χ2n) is 10.8. The molecule has 0 amide bonds. The predicted molar refractivity (Wildman–Crippen MR) is 143 cm³/mol. The minimum absolute atomic E-state index is 0.209. The van der Waals surface area contributed by atoms with Crippen LogP contribution in [0.4, 0.5) is 5.69 Å². The van der Waals surface area contributed by atoms with E-state index in [1.54, 1.807) is 0 Å². The first kappa shape index (κ1) is 26.6. The monoisotopic (exact) mass is 449 g/mol. The van der Waals surface area contributed by atoms with E-state index in [9.17, 15) is 5.11 Å². The van der Waals surface area contributed by atoms with Crippen molar-refractivity contribution < 1.29 is 5.11 Å². The van der Waals surface area contributed by atoms with E-state index in [4.69, 9.17) is 4.99 Å². The van der Waals surface area contributed by atoms with Gasteiger partial charge in [-0.1, -0.05) is 92.3 Å². The average molecular weight is 450 g/mol. The Morgan fingerprint density at radius 3 is 2.00 bits per heavy atom. The van der Waals surface area contributed by atoms with Crippen molar-refractivity contribution in [2.75, 3.05) is 0 Å². The number of phenols is 1. The third kappa shape index (κ3) is 8.34. The van der Waals surface area contributed by atoms with Crippen LogP contribution in [0.5, 0.6) is 5.75 Å². The normalized spacial score (nSPS) is 13.0. The number of aliphatic imine (C=N–C) groups is 1. The zero-order valence-electron chi connectivity index (χ0n) is 21.7. The van der Waals surface area contributed by atoms with Crippen molar-refractivity contribution in [2.24, 2.45) is 10.1 Å². The molecule has 0 heterocycles. The highest BCUT2D eigenvalue weighted by atomic mass is 16.3. The molecule has 2 aromatic carbocycles. The van der Waals surface area contributed by atoms with Gasteiger partial charge in [0.25, 0.3) is 0 Å². The number of hydrazone groups is 1. The summed E-state index contributed by atoms with van der Waals surface area (Å²) in [4.78, 5) is 4.87. The van der Waals surface area contributed by atoms with Gasteiger partial charge in [0.1, 0.15) is 5.75 Å². The minimum atomic E-state index is -0.209. The fraction of sp³-hybridized carbons (Fsp3) is 0.517. The molecule has 0 atom stereocenters. The molecule has 33 heavy (non-hydrogen) atoms. The van der Waals surface area contributed by atoms with Crippen LogP contribution in [-0.2, 0) is 10.8 Å². The number of amidine groups is 1. The Hall–Kier alpha value is -2.62. The lowest BCUT2D eigenvalue weighted by molar-refractivity contribution is 0.423. The smallest absolute Gasteiger partial charge is 0.154 e. The summed E-state index contributed by atoms with van der Waals surface area (Å²) < 4.78 is 0. The summed E-state index contributed by atoms with van der Waals surface area (Å²) >= 11 is 0. The number of phenolic OH excluding ortho intramolecular Hbond substituents is 1. The maximum absolute atomic E-state index is 11.1. The Bertz CT molecular complexity index is 897. The van der Waals surface area contributed by atoms with E-state index in [0.29, 0.717) is 11.6 Å². The molecular weight excluding hydrogens is 406 g/mol. The predicted octanol–water partition coefficient (Wildman–Crippen LogP) is 8.00. The van der Waals surface area contributed by atoms with Crippen molar-refractivity contribution in [3.8, 4) is 5.75 Å². The summed E-state index contributed by atoms with van der Waals surface area (Å²) in [5.41, 5.74) is 6.38. The number of hydrogen-bond acceptors (Lipinski definition) is 3. The molecule has 180 valence electrons. The number of hydrogen-bond donors (Lipinski definition) is 2. The van der Waals surface area contributed by atoms with Crippen molar-refractivity contribution >= 4 is 17.7 Å². The Labute approximate surface area is 201 Å². The van der Waals surface area contributed by atoms with Crippen LogP contribution in [0.15, 0.2) is 52.6 Å². The Morgan fingerprint density at radius 1 is 0.879 bits per heavy atom. The number of para-hydroxylation sites is 1. The van der Waals surface area contributed by atoms with E-state index < -0.39 is 0 Å². The fourth-order valence-corrected chi connectivity index (χ4v) is 3.71. The first-order valence-corrected chi connectivity index (χ1v) is 12.3. The summed E-state index contributed by atoms with van der Waals surface area (Å²) in [5, 5.41) is 15.6. The summed E-state index contributed by atoms with van der Waals surface area (Å²) in [6.07, 6.45) is 9.14. The number of unbranched alkanes of at least 4 members (excludes halogenated alkanes) is 5. The number of nitrogens with one attached hydrogen (secondary N) is 1. The van der Waals surface area contributed by atoms with Gasteiger partial charge in [-0.2, -0.15) is 5.10 Å². The highest BCUT2D eigenvalue weighted by Crippen LogP contribution is 2.40. The van der Waals surface area contributed by atoms with Crippen molar-refractivity contribution in [1.82, 2.24) is 5.43 Å². The van der Waals surface area contributed by atoms with Crippen molar-refractivity contribution in [3.63, 3.8) is 0 Å². The van der Waals surface area contributed by atoms with Crippen molar-refractivity contribution in [2.45, 2.75) is 97.8 Å². The largest absolute Gasteiger partial charge is 0.507 e. The van der Waals surface area contributed by atoms with E-state index in [-0.39, 0.29) is 10.8 Å². The van der Waals surface area contributed by atoms with Gasteiger partial charge in [-0.3, -0.25) is 5.43 Å². The molecule has 0 saturated heterocycles. The van der Waals surface area contributed by atoms with Crippen LogP contribution in [0.25, 0.3) is 0 Å². The SMILES string of the molecule is CCCCCCC/C=N/NC(=Nc1ccccc1)c1cc(C(C)(C)C)c(O)c(C(C)(C)C)c1. The molecule has 0 aliphatic carbocycles. The number of benzene rings is 2. The molecule has 4 nitrogen and oxygen atoms in total. The van der Waals surface area contributed by atoms with Gasteiger partial charge in [0, 0.05) is 22.9 Å². The van der Waals surface area contributed by atoms with Gasteiger partial charge in [0.15, 0.2) is 5.84 Å². The molecule has 2 aromatic rings. The van der Waals surface area contributed by atoms with E-state index in [2.05, 4.69) is 59.0 Å². The van der Waals surface area contributed by atoms with Gasteiger partial charge in [-0.25, -0.2) is 4.99 Å². The molecule has 0 spiro atoms. The Morgan fingerprint density at radius 2 is 1.45 bits per heavy atom. The van der Waals surface area contributed by atoms with Crippen LogP contribution in [0.1, 0.15) is 104 Å². The van der Waals surface area contributed by atoms with Gasteiger partial charge >= 0.3 is 0 Å². The van der Waals surface area contributed by atoms with E-state index in [1.165, 1.54) is 25.7 Å². The molecule has 0 aromatic heterocycles. The first-order chi connectivity index (χ1) is 15.5. The standard InChI is InChI=1S/C29H43N3O/c1-8-9-10-11-12-16-19-30-32-27(31-23-17-14-13-15-18-23)22-20-24(28(2,3)4)26(33)25(21-22)29(5,6)7/h13-15,17-21,33H,8-12,16H2,1-7H3,(H,31,32)/b30-19+. The van der Waals surface area contributed by atoms with Crippen molar-refractivity contribution in [1.29, 1.82) is 0 Å². The maximum Gasteiger partial charge on any atom is 0.154 e. The van der Waals surface area contributed by atoms with Crippen LogP contribution < -0.4 is 5.43 Å². The summed E-state index contributed by atoms with van der Waals surface area (Å²) in [6, 6.07) is 14.0. The van der Waals surface area contributed by atoms with Crippen molar-refractivity contribution in [3.05, 3.63) is 59.2 Å². The molecule has 0 saturated carbocycles. The Balaban J connectivity index is 2.41. The molecule has 0 radical (unpaired) electrons. The lowest BCUT2D eigenvalue weighted by Crippen LogP contribution is -2.23. The van der Waals surface area contributed by atoms with E-state index >= 15 is 0 Å². The fourth-order valence-electron chi connectivity index (χ4n) is 3.71. The number of rotatable bonds is 9. The molecule has 0 bridgehead atoms. The third-order valence-electron chi connectivity index (χ3n) is 5.69.